The van der Waals surface area contributed by atoms with Crippen LogP contribution in [0, 0.1) is 13.8 Å². The van der Waals surface area contributed by atoms with Gasteiger partial charge in [0.25, 0.3) is 5.91 Å². The number of primary amides is 1. The number of rotatable bonds is 3. The van der Waals surface area contributed by atoms with Gasteiger partial charge in [0.15, 0.2) is 0 Å². The van der Waals surface area contributed by atoms with Crippen molar-refractivity contribution in [3.05, 3.63) is 41.0 Å². The minimum atomic E-state index is -0.502. The lowest BCUT2D eigenvalue weighted by Crippen LogP contribution is -2.11. The number of aromatic nitrogens is 3. The van der Waals surface area contributed by atoms with Gasteiger partial charge in [-0.1, -0.05) is 0 Å². The van der Waals surface area contributed by atoms with Gasteiger partial charge in [0.05, 0.1) is 17.4 Å². The Morgan fingerprint density at radius 3 is 2.72 bits per heavy atom. The van der Waals surface area contributed by atoms with Gasteiger partial charge in [0.1, 0.15) is 0 Å². The number of nitrogens with zero attached hydrogens (tertiary/aromatic N) is 3. The summed E-state index contributed by atoms with van der Waals surface area (Å²) >= 11 is 0. The number of carbonyl (C=O) groups is 1. The normalized spacial score (nSPS) is 10.6. The number of carbonyl (C=O) groups excluding carboxylic acids is 1. The average Bonchev–Trinajstić information content (AvgIpc) is 2.77. The molecule has 6 heteroatoms. The van der Waals surface area contributed by atoms with Crippen molar-refractivity contribution in [2.45, 2.75) is 20.4 Å². The maximum Gasteiger partial charge on any atom is 0.251 e. The van der Waals surface area contributed by atoms with E-state index >= 15 is 0 Å². The molecular formula is C12H15N5O. The van der Waals surface area contributed by atoms with Crippen LogP contribution in [0.1, 0.15) is 27.3 Å². The molecule has 0 aliphatic rings. The van der Waals surface area contributed by atoms with Crippen LogP contribution in [0.25, 0.3) is 5.69 Å². The van der Waals surface area contributed by atoms with E-state index in [1.165, 1.54) is 6.20 Å². The highest BCUT2D eigenvalue weighted by Gasteiger charge is 2.11. The Morgan fingerprint density at radius 1 is 1.44 bits per heavy atom. The summed E-state index contributed by atoms with van der Waals surface area (Å²) in [6, 6.07) is 1.88. The Morgan fingerprint density at radius 2 is 2.17 bits per heavy atom. The van der Waals surface area contributed by atoms with Crippen molar-refractivity contribution in [2.24, 2.45) is 11.5 Å². The fourth-order valence-electron chi connectivity index (χ4n) is 1.87. The first-order valence-electron chi connectivity index (χ1n) is 5.55. The minimum absolute atomic E-state index is 0.361. The first kappa shape index (κ1) is 12.3. The zero-order valence-corrected chi connectivity index (χ0v) is 10.3. The second kappa shape index (κ2) is 4.58. The SMILES string of the molecule is Cc1cc(-n2cc(C(N)=O)cn2)c(CN)c(C)n1. The Kier molecular flexibility index (Phi) is 3.12. The molecule has 0 saturated carbocycles. The number of nitrogens with two attached hydrogens (primary N) is 2. The smallest absolute Gasteiger partial charge is 0.251 e. The van der Waals surface area contributed by atoms with Gasteiger partial charge in [-0.3, -0.25) is 9.78 Å². The van der Waals surface area contributed by atoms with Crippen LogP contribution in [-0.2, 0) is 6.54 Å². The fraction of sp³-hybridized carbons (Fsp3) is 0.250. The second-order valence-electron chi connectivity index (χ2n) is 4.09. The third kappa shape index (κ3) is 2.10. The topological polar surface area (TPSA) is 99.8 Å². The van der Waals surface area contributed by atoms with E-state index in [1.807, 2.05) is 19.9 Å². The third-order valence-electron chi connectivity index (χ3n) is 2.75. The summed E-state index contributed by atoms with van der Waals surface area (Å²) in [6.45, 7) is 4.16. The van der Waals surface area contributed by atoms with E-state index in [4.69, 9.17) is 11.5 Å². The van der Waals surface area contributed by atoms with Crippen LogP contribution < -0.4 is 11.5 Å². The zero-order valence-electron chi connectivity index (χ0n) is 10.3. The van der Waals surface area contributed by atoms with Crippen molar-refractivity contribution in [3.63, 3.8) is 0 Å². The first-order chi connectivity index (χ1) is 8.52. The number of pyridine rings is 1. The molecule has 6 nitrogen and oxygen atoms in total. The largest absolute Gasteiger partial charge is 0.366 e. The Labute approximate surface area is 105 Å². The third-order valence-corrected chi connectivity index (χ3v) is 2.75. The van der Waals surface area contributed by atoms with Crippen LogP contribution in [0.4, 0.5) is 0 Å². The van der Waals surface area contributed by atoms with E-state index in [1.54, 1.807) is 10.9 Å². The van der Waals surface area contributed by atoms with Crippen molar-refractivity contribution in [2.75, 3.05) is 0 Å². The molecule has 2 rings (SSSR count). The molecule has 2 aromatic heterocycles. The summed E-state index contributed by atoms with van der Waals surface area (Å²) in [4.78, 5) is 15.4. The molecule has 2 heterocycles. The van der Waals surface area contributed by atoms with Crippen LogP contribution in [0.2, 0.25) is 0 Å². The van der Waals surface area contributed by atoms with Crippen LogP contribution in [0.5, 0.6) is 0 Å². The van der Waals surface area contributed by atoms with Crippen molar-refractivity contribution in [3.8, 4) is 5.69 Å². The van der Waals surface area contributed by atoms with Gasteiger partial charge in [0.2, 0.25) is 0 Å². The summed E-state index contributed by atoms with van der Waals surface area (Å²) in [6.07, 6.45) is 3.03. The lowest BCUT2D eigenvalue weighted by Gasteiger charge is -2.11. The van der Waals surface area contributed by atoms with E-state index in [-0.39, 0.29) is 0 Å². The molecule has 0 saturated heterocycles. The molecule has 0 aromatic carbocycles. The fourth-order valence-corrected chi connectivity index (χ4v) is 1.87. The maximum absolute atomic E-state index is 11.1. The highest BCUT2D eigenvalue weighted by atomic mass is 16.1. The van der Waals surface area contributed by atoms with Crippen LogP contribution in [0.3, 0.4) is 0 Å². The maximum atomic E-state index is 11.1. The highest BCUT2D eigenvalue weighted by molar-refractivity contribution is 5.92. The molecule has 0 spiro atoms. The van der Waals surface area contributed by atoms with Gasteiger partial charge in [-0.15, -0.1) is 0 Å². The molecule has 18 heavy (non-hydrogen) atoms. The molecule has 0 unspecified atom stereocenters. The Balaban J connectivity index is 2.58. The summed E-state index contributed by atoms with van der Waals surface area (Å²) in [7, 11) is 0. The molecule has 1 amide bonds. The number of hydrogen-bond acceptors (Lipinski definition) is 4. The highest BCUT2D eigenvalue weighted by Crippen LogP contribution is 2.18. The second-order valence-corrected chi connectivity index (χ2v) is 4.09. The number of amides is 1. The molecule has 0 fully saturated rings. The first-order valence-corrected chi connectivity index (χ1v) is 5.55. The number of aryl methyl sites for hydroxylation is 2. The van der Waals surface area contributed by atoms with Gasteiger partial charge >= 0.3 is 0 Å². The molecule has 0 aliphatic carbocycles. The Hall–Kier alpha value is -2.21. The predicted octanol–water partition coefficient (Wildman–Crippen LogP) is 0.442. The quantitative estimate of drug-likeness (QED) is 0.819. The molecule has 4 N–H and O–H groups in total. The van der Waals surface area contributed by atoms with Crippen molar-refractivity contribution in [1.82, 2.24) is 14.8 Å². The van der Waals surface area contributed by atoms with Gasteiger partial charge in [0, 0.05) is 29.7 Å². The molecular weight excluding hydrogens is 230 g/mol. The van der Waals surface area contributed by atoms with Gasteiger partial charge < -0.3 is 11.5 Å². The van der Waals surface area contributed by atoms with Crippen LogP contribution >= 0.6 is 0 Å². The van der Waals surface area contributed by atoms with Gasteiger partial charge in [-0.05, 0) is 19.9 Å². The lowest BCUT2D eigenvalue weighted by molar-refractivity contribution is 0.100. The van der Waals surface area contributed by atoms with E-state index in [2.05, 4.69) is 10.1 Å². The van der Waals surface area contributed by atoms with E-state index in [0.717, 1.165) is 22.6 Å². The van der Waals surface area contributed by atoms with Crippen LogP contribution in [-0.4, -0.2) is 20.7 Å². The molecule has 94 valence electrons. The minimum Gasteiger partial charge on any atom is -0.366 e. The van der Waals surface area contributed by atoms with E-state index < -0.39 is 5.91 Å². The summed E-state index contributed by atoms with van der Waals surface area (Å²) < 4.78 is 1.60. The van der Waals surface area contributed by atoms with E-state index in [9.17, 15) is 4.79 Å². The summed E-state index contributed by atoms with van der Waals surface area (Å²) in [5.41, 5.74) is 14.8. The van der Waals surface area contributed by atoms with E-state index in [0.29, 0.717) is 12.1 Å². The van der Waals surface area contributed by atoms with Crippen molar-refractivity contribution >= 4 is 5.91 Å². The molecule has 0 bridgehead atoms. The monoisotopic (exact) mass is 245 g/mol. The number of hydrogen-bond donors (Lipinski definition) is 2. The van der Waals surface area contributed by atoms with Crippen molar-refractivity contribution < 1.29 is 4.79 Å². The predicted molar refractivity (Wildman–Crippen MR) is 67.2 cm³/mol. The van der Waals surface area contributed by atoms with Gasteiger partial charge in [-0.2, -0.15) is 5.10 Å². The summed E-state index contributed by atoms with van der Waals surface area (Å²) in [5, 5.41) is 4.13. The standard InChI is InChI=1S/C12H15N5O/c1-7-3-11(10(4-13)8(2)16-7)17-6-9(5-15-17)12(14)18/h3,5-6H,4,13H2,1-2H3,(H2,14,18). The molecule has 2 aromatic rings. The average molecular weight is 245 g/mol. The zero-order chi connectivity index (χ0) is 13.3. The molecule has 0 atom stereocenters. The molecule has 0 radical (unpaired) electrons. The van der Waals surface area contributed by atoms with Gasteiger partial charge in [-0.25, -0.2) is 4.68 Å². The van der Waals surface area contributed by atoms with Crippen molar-refractivity contribution in [1.29, 1.82) is 0 Å². The summed E-state index contributed by atoms with van der Waals surface area (Å²) in [5.74, 6) is -0.502. The Bertz CT molecular complexity index is 603. The molecule has 0 aliphatic heterocycles. The van der Waals surface area contributed by atoms with Crippen LogP contribution in [0.15, 0.2) is 18.5 Å². The lowest BCUT2D eigenvalue weighted by atomic mass is 10.1.